The molecule has 6 heteroatoms. The Hall–Kier alpha value is -3.02. The molecule has 2 aliphatic heterocycles. The van der Waals surface area contributed by atoms with Crippen molar-refractivity contribution in [1.29, 1.82) is 0 Å². The van der Waals surface area contributed by atoms with Crippen LogP contribution in [0.5, 0.6) is 0 Å². The molecule has 5 rings (SSSR count). The van der Waals surface area contributed by atoms with Gasteiger partial charge in [-0.05, 0) is 22.3 Å². The predicted octanol–water partition coefficient (Wildman–Crippen LogP) is 3.55. The second-order valence-electron chi connectivity index (χ2n) is 7.35. The van der Waals surface area contributed by atoms with E-state index in [-0.39, 0.29) is 23.6 Å². The lowest BCUT2D eigenvalue weighted by Gasteiger charge is -2.22. The molecule has 1 aromatic rings. The van der Waals surface area contributed by atoms with Gasteiger partial charge in [0.05, 0.1) is 0 Å². The Labute approximate surface area is 191 Å². The van der Waals surface area contributed by atoms with Crippen molar-refractivity contribution >= 4 is 23.6 Å². The highest BCUT2D eigenvalue weighted by Crippen LogP contribution is 2.38. The van der Waals surface area contributed by atoms with Gasteiger partial charge in [-0.1, -0.05) is 53.7 Å². The maximum absolute atomic E-state index is 12.3. The van der Waals surface area contributed by atoms with Crippen molar-refractivity contribution in [2.45, 2.75) is 67.2 Å². The number of fused-ring (bicyclic) bond motifs is 2. The minimum Gasteiger partial charge on any atom is -0.278 e. The number of carbonyl (C=O) groups is 4. The van der Waals surface area contributed by atoms with Crippen LogP contribution >= 0.6 is 0 Å². The molecule has 0 saturated heterocycles. The lowest BCUT2D eigenvalue weighted by molar-refractivity contribution is -0.137. The number of benzene rings is 1. The zero-order valence-electron chi connectivity index (χ0n) is 20.5. The Morgan fingerprint density at radius 1 is 0.469 bits per heavy atom. The molecule has 0 N–H and O–H groups in total. The number of carbonyl (C=O) groups excluding carboxylic acids is 4. The zero-order valence-corrected chi connectivity index (χ0v) is 20.5. The van der Waals surface area contributed by atoms with Crippen LogP contribution in [-0.4, -0.2) is 47.5 Å². The van der Waals surface area contributed by atoms with E-state index in [1.165, 1.54) is 23.9 Å². The Morgan fingerprint density at radius 2 is 0.656 bits per heavy atom. The maximum Gasteiger partial charge on any atom is 0.257 e. The van der Waals surface area contributed by atoms with Crippen LogP contribution < -0.4 is 0 Å². The second kappa shape index (κ2) is 10.1. The Bertz CT molecular complexity index is 888. The van der Waals surface area contributed by atoms with E-state index in [0.29, 0.717) is 48.0 Å². The topological polar surface area (TPSA) is 74.8 Å². The van der Waals surface area contributed by atoms with E-state index in [4.69, 9.17) is 0 Å². The van der Waals surface area contributed by atoms with Crippen LogP contribution in [0.15, 0.2) is 34.4 Å². The largest absolute Gasteiger partial charge is 0.278 e. The van der Waals surface area contributed by atoms with E-state index >= 15 is 0 Å². The first-order valence-electron chi connectivity index (χ1n) is 11.6. The van der Waals surface area contributed by atoms with Crippen molar-refractivity contribution in [2.75, 3.05) is 14.1 Å². The van der Waals surface area contributed by atoms with E-state index < -0.39 is 0 Å². The molecule has 1 aromatic carbocycles. The fraction of sp³-hybridized carbons (Fsp3) is 0.462. The highest BCUT2D eigenvalue weighted by atomic mass is 16.2. The Balaban J connectivity index is 0.000000561. The molecule has 6 nitrogen and oxygen atoms in total. The van der Waals surface area contributed by atoms with Crippen molar-refractivity contribution in [3.05, 3.63) is 56.7 Å². The fourth-order valence-electron chi connectivity index (χ4n) is 4.45. The number of nitrogens with zero attached hydrogens (tertiary/aromatic N) is 2. The molecule has 0 radical (unpaired) electrons. The molecule has 4 aliphatic rings. The summed E-state index contributed by atoms with van der Waals surface area (Å²) in [5, 5.41) is 0. The molecule has 0 saturated carbocycles. The molecule has 0 unspecified atom stereocenters. The van der Waals surface area contributed by atoms with Gasteiger partial charge in [-0.15, -0.1) is 0 Å². The van der Waals surface area contributed by atoms with E-state index in [1.807, 2.05) is 53.7 Å². The van der Waals surface area contributed by atoms with Crippen molar-refractivity contribution < 1.29 is 19.2 Å². The highest BCUT2D eigenvalue weighted by molar-refractivity contribution is 6.20. The van der Waals surface area contributed by atoms with Crippen LogP contribution in [0.3, 0.4) is 0 Å². The molecular formula is C26H34N2O4. The number of amides is 4. The van der Waals surface area contributed by atoms with Crippen LogP contribution in [0.4, 0.5) is 0 Å². The molecule has 2 aliphatic carbocycles. The molecule has 0 bridgehead atoms. The average Bonchev–Trinajstić information content (AvgIpc) is 3.18. The molecule has 172 valence electrons. The molecular weight excluding hydrogens is 404 g/mol. The van der Waals surface area contributed by atoms with Crippen molar-refractivity contribution in [2.24, 2.45) is 0 Å². The zero-order chi connectivity index (χ0) is 24.3. The summed E-state index contributed by atoms with van der Waals surface area (Å²) in [6, 6.07) is 4.09. The third-order valence-corrected chi connectivity index (χ3v) is 5.97. The van der Waals surface area contributed by atoms with Crippen LogP contribution in [0, 0.1) is 0 Å². The van der Waals surface area contributed by atoms with Gasteiger partial charge in [0.2, 0.25) is 0 Å². The first kappa shape index (κ1) is 25.2. The lowest BCUT2D eigenvalue weighted by Crippen LogP contribution is -2.27. The van der Waals surface area contributed by atoms with Crippen molar-refractivity contribution in [1.82, 2.24) is 9.80 Å². The van der Waals surface area contributed by atoms with E-state index in [1.54, 1.807) is 0 Å². The molecule has 32 heavy (non-hydrogen) atoms. The van der Waals surface area contributed by atoms with Gasteiger partial charge < -0.3 is 0 Å². The number of hydrogen-bond acceptors (Lipinski definition) is 4. The lowest BCUT2D eigenvalue weighted by atomic mass is 9.80. The normalized spacial score (nSPS) is 18.0. The van der Waals surface area contributed by atoms with Gasteiger partial charge in [0.1, 0.15) is 0 Å². The number of imide groups is 2. The smallest absolute Gasteiger partial charge is 0.257 e. The SMILES string of the molecule is CC.CC.CC.CN1C(=O)C2=C(Cc3cc4c(cc3C2)CC2=C(C4)C(=O)N(C)C2=O)C1=O. The molecule has 0 atom stereocenters. The van der Waals surface area contributed by atoms with Gasteiger partial charge in [0.25, 0.3) is 23.6 Å². The van der Waals surface area contributed by atoms with Crippen LogP contribution in [0.2, 0.25) is 0 Å². The van der Waals surface area contributed by atoms with Gasteiger partial charge in [-0.2, -0.15) is 0 Å². The van der Waals surface area contributed by atoms with Crippen molar-refractivity contribution in [3.63, 3.8) is 0 Å². The third-order valence-electron chi connectivity index (χ3n) is 5.97. The fourth-order valence-corrected chi connectivity index (χ4v) is 4.45. The minimum atomic E-state index is -0.212. The summed E-state index contributed by atoms with van der Waals surface area (Å²) in [6.07, 6.45) is 1.80. The van der Waals surface area contributed by atoms with E-state index in [9.17, 15) is 19.2 Å². The van der Waals surface area contributed by atoms with E-state index in [0.717, 1.165) is 22.3 Å². The summed E-state index contributed by atoms with van der Waals surface area (Å²) in [5.74, 6) is -0.846. The minimum absolute atomic E-state index is 0.212. The first-order chi connectivity index (χ1) is 15.4. The molecule has 2 heterocycles. The van der Waals surface area contributed by atoms with Gasteiger partial charge in [0.15, 0.2) is 0 Å². The van der Waals surface area contributed by atoms with Gasteiger partial charge >= 0.3 is 0 Å². The van der Waals surface area contributed by atoms with Crippen molar-refractivity contribution in [3.8, 4) is 0 Å². The second-order valence-corrected chi connectivity index (χ2v) is 7.35. The molecule has 0 spiro atoms. The summed E-state index contributed by atoms with van der Waals surface area (Å²) < 4.78 is 0. The van der Waals surface area contributed by atoms with Gasteiger partial charge in [-0.25, -0.2) is 0 Å². The Kier molecular flexibility index (Phi) is 7.94. The standard InChI is InChI=1S/C20H16N2O4.3C2H6/c1-21-17(23)13-5-9-3-11-7-15-16(20(26)22(2)19(15)25)8-12(11)4-10(9)6-14(13)18(21)24;3*1-2/h3-4H,5-8H2,1-2H3;3*1-2H3. The summed E-state index contributed by atoms with van der Waals surface area (Å²) in [4.78, 5) is 51.4. The Morgan fingerprint density at radius 3 is 0.844 bits per heavy atom. The third kappa shape index (κ3) is 3.83. The maximum atomic E-state index is 12.3. The van der Waals surface area contributed by atoms with Crippen LogP contribution in [-0.2, 0) is 44.9 Å². The summed E-state index contributed by atoms with van der Waals surface area (Å²) in [6.45, 7) is 12.0. The summed E-state index contributed by atoms with van der Waals surface area (Å²) in [7, 11) is 3.03. The molecule has 4 amide bonds. The van der Waals surface area contributed by atoms with E-state index in [2.05, 4.69) is 0 Å². The average molecular weight is 439 g/mol. The van der Waals surface area contributed by atoms with Crippen LogP contribution in [0.1, 0.15) is 63.8 Å². The van der Waals surface area contributed by atoms with Gasteiger partial charge in [0, 0.05) is 62.1 Å². The summed E-state index contributed by atoms with van der Waals surface area (Å²) >= 11 is 0. The summed E-state index contributed by atoms with van der Waals surface area (Å²) in [5.41, 5.74) is 6.50. The molecule has 0 aromatic heterocycles. The van der Waals surface area contributed by atoms with Gasteiger partial charge in [-0.3, -0.25) is 29.0 Å². The highest BCUT2D eigenvalue weighted by Gasteiger charge is 2.40. The van der Waals surface area contributed by atoms with Crippen LogP contribution in [0.25, 0.3) is 0 Å². The number of rotatable bonds is 0. The number of likely N-dealkylation sites (N-methyl/N-ethyl adjacent to an activating group) is 2. The number of hydrogen-bond donors (Lipinski definition) is 0. The predicted molar refractivity (Wildman–Crippen MR) is 125 cm³/mol. The first-order valence-corrected chi connectivity index (χ1v) is 11.6. The molecule has 0 fully saturated rings. The monoisotopic (exact) mass is 438 g/mol. The quantitative estimate of drug-likeness (QED) is 0.581.